The number of fused-ring (bicyclic) bond motifs is 1. The quantitative estimate of drug-likeness (QED) is 0.547. The predicted octanol–water partition coefficient (Wildman–Crippen LogP) is 5.28. The Balaban J connectivity index is 1.48. The van der Waals surface area contributed by atoms with Crippen molar-refractivity contribution in [3.8, 4) is 11.4 Å². The van der Waals surface area contributed by atoms with Crippen LogP contribution in [0.4, 0.5) is 4.39 Å². The first-order valence-electron chi connectivity index (χ1n) is 11.2. The van der Waals surface area contributed by atoms with Gasteiger partial charge in [-0.25, -0.2) is 9.37 Å². The lowest BCUT2D eigenvalue weighted by molar-refractivity contribution is 0.140. The Hall–Kier alpha value is -3.61. The maximum atomic E-state index is 13.9. The van der Waals surface area contributed by atoms with Crippen molar-refractivity contribution >= 4 is 11.9 Å². The van der Waals surface area contributed by atoms with Crippen molar-refractivity contribution in [2.24, 2.45) is 5.16 Å². The maximum absolute atomic E-state index is 13.9. The van der Waals surface area contributed by atoms with E-state index in [1.165, 1.54) is 6.07 Å². The zero-order chi connectivity index (χ0) is 22.8. The summed E-state index contributed by atoms with van der Waals surface area (Å²) in [5.41, 5.74) is 4.98. The van der Waals surface area contributed by atoms with Crippen molar-refractivity contribution in [3.05, 3.63) is 83.2 Å². The first-order chi connectivity index (χ1) is 16.1. The van der Waals surface area contributed by atoms with E-state index in [4.69, 9.17) is 9.57 Å². The number of oxime groups is 1. The Bertz CT molecular complexity index is 1220. The molecule has 3 aromatic rings. The number of benzene rings is 2. The molecule has 7 heteroatoms. The molecule has 2 aliphatic rings. The summed E-state index contributed by atoms with van der Waals surface area (Å²) in [5, 5.41) is 4.47. The Morgan fingerprint density at radius 1 is 1.21 bits per heavy atom. The van der Waals surface area contributed by atoms with Gasteiger partial charge in [0.15, 0.2) is 5.84 Å². The molecule has 1 fully saturated rings. The largest absolute Gasteiger partial charge is 0.495 e. The molecule has 33 heavy (non-hydrogen) atoms. The number of hydrogen-bond acceptors (Lipinski definition) is 5. The van der Waals surface area contributed by atoms with E-state index >= 15 is 0 Å². The van der Waals surface area contributed by atoms with Crippen LogP contribution in [0.1, 0.15) is 42.1 Å². The number of hydrogen-bond donors (Lipinski definition) is 0. The van der Waals surface area contributed by atoms with Gasteiger partial charge in [-0.15, -0.1) is 0 Å². The molecule has 2 aromatic carbocycles. The number of rotatable bonds is 4. The average molecular weight is 447 g/mol. The molecular formula is C26H27FN4O2. The molecule has 5 rings (SSSR count). The summed E-state index contributed by atoms with van der Waals surface area (Å²) in [6.07, 6.45) is 8.57. The number of ether oxygens (including phenoxy) is 1. The van der Waals surface area contributed by atoms with Crippen molar-refractivity contribution < 1.29 is 14.0 Å². The Labute approximate surface area is 192 Å². The minimum Gasteiger partial charge on any atom is -0.495 e. The van der Waals surface area contributed by atoms with E-state index in [0.29, 0.717) is 6.61 Å². The fourth-order valence-electron chi connectivity index (χ4n) is 4.63. The molecule has 1 saturated heterocycles. The van der Waals surface area contributed by atoms with E-state index in [9.17, 15) is 4.39 Å². The van der Waals surface area contributed by atoms with Crippen molar-refractivity contribution in [2.75, 3.05) is 20.3 Å². The minimum atomic E-state index is -0.218. The standard InChI is InChI=1S/C26H27FN4O2/c1-18-16-30(17-28-18)24-9-8-19(14-25(24)32-2)13-21-6-4-11-31-23(10-12-33-29-26(21)31)20-5-3-7-22(27)15-20/h3,5,7-9,13-17,23H,4,6,10-12H2,1-2H3/b21-13+. The molecule has 3 heterocycles. The van der Waals surface area contributed by atoms with Crippen LogP contribution in [0, 0.1) is 12.7 Å². The first kappa shape index (κ1) is 21.2. The molecule has 0 aliphatic carbocycles. The van der Waals surface area contributed by atoms with E-state index in [0.717, 1.165) is 65.5 Å². The zero-order valence-electron chi connectivity index (χ0n) is 18.9. The highest BCUT2D eigenvalue weighted by Gasteiger charge is 2.31. The number of methoxy groups -OCH3 is 1. The molecule has 1 unspecified atom stereocenters. The highest BCUT2D eigenvalue weighted by atomic mass is 19.1. The van der Waals surface area contributed by atoms with E-state index in [-0.39, 0.29) is 11.9 Å². The van der Waals surface area contributed by atoms with Crippen LogP contribution in [0.5, 0.6) is 5.75 Å². The molecule has 0 amide bonds. The monoisotopic (exact) mass is 446 g/mol. The van der Waals surface area contributed by atoms with Gasteiger partial charge in [-0.3, -0.25) is 0 Å². The fraction of sp³-hybridized carbons (Fsp3) is 0.308. The predicted molar refractivity (Wildman–Crippen MR) is 126 cm³/mol. The second-order valence-electron chi connectivity index (χ2n) is 8.43. The van der Waals surface area contributed by atoms with Gasteiger partial charge >= 0.3 is 0 Å². The second-order valence-corrected chi connectivity index (χ2v) is 8.43. The van der Waals surface area contributed by atoms with Gasteiger partial charge in [0, 0.05) is 19.2 Å². The van der Waals surface area contributed by atoms with Crippen LogP contribution in [0.25, 0.3) is 11.8 Å². The molecule has 0 N–H and O–H groups in total. The van der Waals surface area contributed by atoms with Crippen LogP contribution in [-0.2, 0) is 4.84 Å². The molecule has 2 aliphatic heterocycles. The first-order valence-corrected chi connectivity index (χ1v) is 11.2. The summed E-state index contributed by atoms with van der Waals surface area (Å²) in [6, 6.07) is 13.0. The zero-order valence-corrected chi connectivity index (χ0v) is 18.9. The number of amidine groups is 1. The fourth-order valence-corrected chi connectivity index (χ4v) is 4.63. The molecule has 0 spiro atoms. The van der Waals surface area contributed by atoms with Crippen molar-refractivity contribution in [3.63, 3.8) is 0 Å². The van der Waals surface area contributed by atoms with Gasteiger partial charge in [0.25, 0.3) is 0 Å². The molecule has 1 aromatic heterocycles. The molecule has 0 radical (unpaired) electrons. The lowest BCUT2D eigenvalue weighted by Crippen LogP contribution is -2.39. The number of halogens is 1. The third-order valence-electron chi connectivity index (χ3n) is 6.18. The lowest BCUT2D eigenvalue weighted by Gasteiger charge is -2.36. The van der Waals surface area contributed by atoms with Gasteiger partial charge in [0.05, 0.1) is 30.9 Å². The highest BCUT2D eigenvalue weighted by Crippen LogP contribution is 2.34. The van der Waals surface area contributed by atoms with E-state index in [1.807, 2.05) is 35.9 Å². The summed E-state index contributed by atoms with van der Waals surface area (Å²) in [6.45, 7) is 3.33. The topological polar surface area (TPSA) is 51.9 Å². The van der Waals surface area contributed by atoms with Crippen LogP contribution in [-0.4, -0.2) is 40.5 Å². The number of imidazole rings is 1. The van der Waals surface area contributed by atoms with Gasteiger partial charge in [-0.1, -0.05) is 23.4 Å². The highest BCUT2D eigenvalue weighted by molar-refractivity contribution is 6.02. The summed E-state index contributed by atoms with van der Waals surface area (Å²) in [4.78, 5) is 12.2. The van der Waals surface area contributed by atoms with E-state index < -0.39 is 0 Å². The van der Waals surface area contributed by atoms with E-state index in [2.05, 4.69) is 27.2 Å². The molecule has 170 valence electrons. The molecular weight excluding hydrogens is 419 g/mol. The third-order valence-corrected chi connectivity index (χ3v) is 6.18. The maximum Gasteiger partial charge on any atom is 0.171 e. The summed E-state index contributed by atoms with van der Waals surface area (Å²) < 4.78 is 21.6. The van der Waals surface area contributed by atoms with Crippen molar-refractivity contribution in [2.45, 2.75) is 32.2 Å². The SMILES string of the molecule is COc1cc(/C=C2\CCCN3C2=NOCCC3c2cccc(F)c2)ccc1-n1cnc(C)c1. The van der Waals surface area contributed by atoms with Gasteiger partial charge in [0.1, 0.15) is 18.2 Å². The van der Waals surface area contributed by atoms with E-state index in [1.54, 1.807) is 25.6 Å². The number of nitrogens with zero attached hydrogens (tertiary/aromatic N) is 4. The Kier molecular flexibility index (Phi) is 5.86. The third kappa shape index (κ3) is 4.35. The average Bonchev–Trinajstić information content (AvgIpc) is 3.13. The molecule has 6 nitrogen and oxygen atoms in total. The van der Waals surface area contributed by atoms with Gasteiger partial charge in [0.2, 0.25) is 0 Å². The van der Waals surface area contributed by atoms with Crippen LogP contribution in [0.15, 0.2) is 65.7 Å². The second kappa shape index (κ2) is 9.10. The van der Waals surface area contributed by atoms with Crippen LogP contribution in [0.3, 0.4) is 0 Å². The van der Waals surface area contributed by atoms with Gasteiger partial charge < -0.3 is 19.0 Å². The van der Waals surface area contributed by atoms with Gasteiger partial charge in [-0.2, -0.15) is 0 Å². The minimum absolute atomic E-state index is 0.0343. The summed E-state index contributed by atoms with van der Waals surface area (Å²) >= 11 is 0. The Morgan fingerprint density at radius 2 is 2.12 bits per heavy atom. The smallest absolute Gasteiger partial charge is 0.171 e. The van der Waals surface area contributed by atoms with Crippen LogP contribution >= 0.6 is 0 Å². The molecule has 0 bridgehead atoms. The summed E-state index contributed by atoms with van der Waals surface area (Å²) in [5.74, 6) is 1.39. The van der Waals surface area contributed by atoms with Gasteiger partial charge in [-0.05, 0) is 66.8 Å². The summed E-state index contributed by atoms with van der Waals surface area (Å²) in [7, 11) is 1.68. The number of aryl methyl sites for hydroxylation is 1. The normalized spacial score (nSPS) is 19.5. The lowest BCUT2D eigenvalue weighted by atomic mass is 9.95. The van der Waals surface area contributed by atoms with Crippen LogP contribution < -0.4 is 4.74 Å². The molecule has 0 saturated carbocycles. The number of piperidine rings is 1. The van der Waals surface area contributed by atoms with Crippen molar-refractivity contribution in [1.82, 2.24) is 14.5 Å². The Morgan fingerprint density at radius 3 is 2.91 bits per heavy atom. The van der Waals surface area contributed by atoms with Crippen LogP contribution in [0.2, 0.25) is 0 Å². The number of aromatic nitrogens is 2. The molecule has 1 atom stereocenters. The van der Waals surface area contributed by atoms with Crippen molar-refractivity contribution in [1.29, 1.82) is 0 Å².